The molecule has 0 aromatic heterocycles. The van der Waals surface area contributed by atoms with Crippen LogP contribution in [0.3, 0.4) is 0 Å². The Balaban J connectivity index is 1.48. The molecule has 0 radical (unpaired) electrons. The highest BCUT2D eigenvalue weighted by Gasteiger charge is 2.82. The molecule has 6 fully saturated rings. The first-order chi connectivity index (χ1) is 12.3. The fourth-order valence-electron chi connectivity index (χ4n) is 7.82. The van der Waals surface area contributed by atoms with Gasteiger partial charge in [0.15, 0.2) is 6.29 Å². The van der Waals surface area contributed by atoms with Crippen LogP contribution in [0, 0.1) is 16.7 Å². The van der Waals surface area contributed by atoms with Gasteiger partial charge in [-0.15, -0.1) is 0 Å². The lowest BCUT2D eigenvalue weighted by Crippen LogP contribution is -2.69. The van der Waals surface area contributed by atoms with Crippen LogP contribution in [-0.4, -0.2) is 53.5 Å². The van der Waals surface area contributed by atoms with Crippen molar-refractivity contribution in [3.05, 3.63) is 0 Å². The maximum atomic E-state index is 12.8. The first-order valence-corrected chi connectivity index (χ1v) is 10.1. The largest absolute Gasteiger partial charge is 0.461 e. The lowest BCUT2D eigenvalue weighted by atomic mass is 9.44. The zero-order chi connectivity index (χ0) is 18.0. The van der Waals surface area contributed by atoms with Crippen molar-refractivity contribution in [1.82, 2.24) is 0 Å². The van der Waals surface area contributed by atoms with Gasteiger partial charge in [0, 0.05) is 24.2 Å². The molecule has 4 heterocycles. The number of hydrogen-bond donors (Lipinski definition) is 1. The maximum absolute atomic E-state index is 12.8. The first kappa shape index (κ1) is 16.3. The summed E-state index contributed by atoms with van der Waals surface area (Å²) in [6.07, 6.45) is 5.22. The molecule has 2 aliphatic carbocycles. The number of epoxide rings is 1. The monoisotopic (exact) mass is 364 g/mol. The molecule has 144 valence electrons. The van der Waals surface area contributed by atoms with E-state index in [0.717, 1.165) is 38.5 Å². The number of carbonyl (C=O) groups is 1. The van der Waals surface area contributed by atoms with Crippen LogP contribution in [0.15, 0.2) is 0 Å². The van der Waals surface area contributed by atoms with E-state index < -0.39 is 22.9 Å². The zero-order valence-corrected chi connectivity index (χ0v) is 15.6. The van der Waals surface area contributed by atoms with Crippen molar-refractivity contribution in [1.29, 1.82) is 0 Å². The van der Waals surface area contributed by atoms with Crippen molar-refractivity contribution in [3.8, 4) is 0 Å². The Hall–Kier alpha value is -0.690. The Bertz CT molecular complexity index is 690. The summed E-state index contributed by atoms with van der Waals surface area (Å²) < 4.78 is 24.5. The second-order valence-corrected chi connectivity index (χ2v) is 10.2. The van der Waals surface area contributed by atoms with Crippen LogP contribution >= 0.6 is 0 Å². The Morgan fingerprint density at radius 3 is 2.58 bits per heavy atom. The van der Waals surface area contributed by atoms with Crippen molar-refractivity contribution in [2.75, 3.05) is 13.2 Å². The second-order valence-electron chi connectivity index (χ2n) is 10.2. The van der Waals surface area contributed by atoms with Gasteiger partial charge in [-0.2, -0.15) is 0 Å². The number of ether oxygens (including phenoxy) is 4. The molecule has 6 rings (SSSR count). The fourth-order valence-corrected chi connectivity index (χ4v) is 7.82. The third-order valence-corrected chi connectivity index (χ3v) is 8.95. The fraction of sp³-hybridized carbons (Fsp3) is 0.950. The van der Waals surface area contributed by atoms with Gasteiger partial charge in [0.05, 0.1) is 24.2 Å². The van der Waals surface area contributed by atoms with Crippen LogP contribution in [0.25, 0.3) is 0 Å². The number of hydrogen-bond acceptors (Lipinski definition) is 6. The highest BCUT2D eigenvalue weighted by atomic mass is 16.7. The summed E-state index contributed by atoms with van der Waals surface area (Å²) in [6, 6.07) is 0. The van der Waals surface area contributed by atoms with Crippen molar-refractivity contribution in [2.45, 2.75) is 88.0 Å². The van der Waals surface area contributed by atoms with E-state index in [1.165, 1.54) is 0 Å². The van der Waals surface area contributed by atoms with Gasteiger partial charge in [-0.3, -0.25) is 4.79 Å². The molecular formula is C20H28O6. The van der Waals surface area contributed by atoms with Gasteiger partial charge in [0.2, 0.25) is 0 Å². The lowest BCUT2D eigenvalue weighted by molar-refractivity contribution is -0.258. The van der Waals surface area contributed by atoms with E-state index in [-0.39, 0.29) is 29.0 Å². The van der Waals surface area contributed by atoms with Gasteiger partial charge in [0.25, 0.3) is 0 Å². The predicted molar refractivity (Wildman–Crippen MR) is 89.1 cm³/mol. The van der Waals surface area contributed by atoms with Crippen LogP contribution in [-0.2, 0) is 23.7 Å². The smallest absolute Gasteiger partial charge is 0.312 e. The zero-order valence-electron chi connectivity index (χ0n) is 15.6. The van der Waals surface area contributed by atoms with E-state index >= 15 is 0 Å². The van der Waals surface area contributed by atoms with Crippen LogP contribution in [0.4, 0.5) is 0 Å². The molecular weight excluding hydrogens is 336 g/mol. The summed E-state index contributed by atoms with van der Waals surface area (Å²) >= 11 is 0. The minimum atomic E-state index is -0.738. The number of fused-ring (bicyclic) bond motifs is 2. The molecule has 2 saturated carbocycles. The van der Waals surface area contributed by atoms with Gasteiger partial charge in [-0.1, -0.05) is 13.3 Å². The second kappa shape index (κ2) is 4.48. The average molecular weight is 364 g/mol. The van der Waals surface area contributed by atoms with Crippen LogP contribution in [0.1, 0.15) is 58.8 Å². The first-order valence-electron chi connectivity index (χ1n) is 10.1. The van der Waals surface area contributed by atoms with Gasteiger partial charge in [0.1, 0.15) is 17.3 Å². The van der Waals surface area contributed by atoms with Crippen molar-refractivity contribution >= 4 is 5.97 Å². The third kappa shape index (κ3) is 1.59. The van der Waals surface area contributed by atoms with E-state index in [0.29, 0.717) is 19.6 Å². The van der Waals surface area contributed by atoms with Gasteiger partial charge in [-0.25, -0.2) is 0 Å². The average Bonchev–Trinajstić information content (AvgIpc) is 2.99. The molecule has 0 aromatic carbocycles. The Morgan fingerprint density at radius 1 is 1.08 bits per heavy atom. The topological polar surface area (TPSA) is 77.5 Å². The lowest BCUT2D eigenvalue weighted by Gasteiger charge is -2.61. The molecule has 26 heavy (non-hydrogen) atoms. The van der Waals surface area contributed by atoms with Crippen molar-refractivity contribution in [2.24, 2.45) is 16.7 Å². The normalized spacial score (nSPS) is 62.9. The number of carbonyl (C=O) groups excluding carboxylic acids is 1. The number of esters is 1. The Kier molecular flexibility index (Phi) is 2.80. The van der Waals surface area contributed by atoms with Gasteiger partial charge in [-0.05, 0) is 32.6 Å². The molecule has 4 aliphatic heterocycles. The third-order valence-electron chi connectivity index (χ3n) is 8.95. The summed E-state index contributed by atoms with van der Waals surface area (Å²) in [6.45, 7) is 5.55. The Labute approximate surface area is 153 Å². The molecule has 6 aliphatic rings. The predicted octanol–water partition coefficient (Wildman–Crippen LogP) is 1.92. The summed E-state index contributed by atoms with van der Waals surface area (Å²) in [5.41, 5.74) is -1.74. The summed E-state index contributed by atoms with van der Waals surface area (Å²) in [7, 11) is 0. The van der Waals surface area contributed by atoms with Gasteiger partial charge >= 0.3 is 5.97 Å². The van der Waals surface area contributed by atoms with Crippen molar-refractivity contribution < 1.29 is 28.8 Å². The molecule has 1 N–H and O–H groups in total. The molecule has 8 atom stereocenters. The SMILES string of the molecule is C[C@@]12CCC[C@]3(C)C(=O)O[C@H](C[C@@]4(CO4)[C@]14CC[C@]1(COC(O)C1)O4)[C@H]23. The highest BCUT2D eigenvalue weighted by molar-refractivity contribution is 5.80. The molecule has 0 bridgehead atoms. The molecule has 1 unspecified atom stereocenters. The van der Waals surface area contributed by atoms with E-state index in [4.69, 9.17) is 18.9 Å². The van der Waals surface area contributed by atoms with E-state index in [1.54, 1.807) is 0 Å². The minimum absolute atomic E-state index is 0.0291. The number of aliphatic hydroxyl groups excluding tert-OH is 1. The highest BCUT2D eigenvalue weighted by Crippen LogP contribution is 2.74. The maximum Gasteiger partial charge on any atom is 0.312 e. The molecule has 3 spiro atoms. The molecule has 0 aromatic rings. The van der Waals surface area contributed by atoms with Gasteiger partial charge < -0.3 is 24.1 Å². The summed E-state index contributed by atoms with van der Waals surface area (Å²) in [5, 5.41) is 9.96. The number of rotatable bonds is 0. The quantitative estimate of drug-likeness (QED) is 0.523. The summed E-state index contributed by atoms with van der Waals surface area (Å²) in [4.78, 5) is 12.8. The van der Waals surface area contributed by atoms with E-state index in [2.05, 4.69) is 13.8 Å². The molecule has 4 saturated heterocycles. The molecule has 6 nitrogen and oxygen atoms in total. The standard InChI is InChI=1S/C20H28O6/c1-16-4-3-5-17(2)14(16)12(25-15(16)22)8-19(11-24-19)20(17)7-6-18(26-20)9-13(21)23-10-18/h12-14,21H,3-11H2,1-2H3/t12-,13?,14+,16+,17+,18+,19-,20+/m1/s1. The van der Waals surface area contributed by atoms with Crippen LogP contribution < -0.4 is 0 Å². The Morgan fingerprint density at radius 2 is 1.88 bits per heavy atom. The summed E-state index contributed by atoms with van der Waals surface area (Å²) in [5.74, 6) is 0.145. The van der Waals surface area contributed by atoms with E-state index in [1.807, 2.05) is 0 Å². The van der Waals surface area contributed by atoms with Crippen molar-refractivity contribution in [3.63, 3.8) is 0 Å². The molecule has 6 heteroatoms. The van der Waals surface area contributed by atoms with Crippen LogP contribution in [0.2, 0.25) is 0 Å². The number of aliphatic hydroxyl groups is 1. The minimum Gasteiger partial charge on any atom is -0.461 e. The molecule has 0 amide bonds. The van der Waals surface area contributed by atoms with E-state index in [9.17, 15) is 9.90 Å². The van der Waals surface area contributed by atoms with Crippen LogP contribution in [0.5, 0.6) is 0 Å².